The summed E-state index contributed by atoms with van der Waals surface area (Å²) in [6.07, 6.45) is -0.224. The van der Waals surface area contributed by atoms with E-state index < -0.39 is 10.2 Å². The smallest absolute Gasteiger partial charge is 0.318 e. The lowest BCUT2D eigenvalue weighted by Crippen LogP contribution is -2.68. The fraction of sp³-hybridized carbons (Fsp3) is 0.364. The summed E-state index contributed by atoms with van der Waals surface area (Å²) in [5.41, 5.74) is 2.44. The van der Waals surface area contributed by atoms with Crippen LogP contribution in [0, 0.1) is 10.2 Å². The van der Waals surface area contributed by atoms with Gasteiger partial charge in [-0.3, -0.25) is 0 Å². The first-order valence-electron chi connectivity index (χ1n) is 5.67. The van der Waals surface area contributed by atoms with Crippen molar-refractivity contribution in [1.82, 2.24) is 4.57 Å². The van der Waals surface area contributed by atoms with Gasteiger partial charge in [0.1, 0.15) is 12.6 Å². The number of aromatic nitrogens is 2. The number of fused-ring (bicyclic) bond motifs is 3. The minimum Gasteiger partial charge on any atom is -0.388 e. The molecule has 1 atom stereocenters. The van der Waals surface area contributed by atoms with E-state index in [1.165, 1.54) is 16.2 Å². The fourth-order valence-corrected chi connectivity index (χ4v) is 3.22. The van der Waals surface area contributed by atoms with Crippen LogP contribution in [-0.4, -0.2) is 21.5 Å². The van der Waals surface area contributed by atoms with E-state index in [9.17, 15) is 5.11 Å². The van der Waals surface area contributed by atoms with Crippen molar-refractivity contribution in [1.29, 1.82) is 0 Å². The Labute approximate surface area is 121 Å². The number of para-hydroxylation sites is 2. The molecule has 0 saturated heterocycles. The van der Waals surface area contributed by atoms with Crippen molar-refractivity contribution in [3.05, 3.63) is 24.3 Å². The number of nitrogens with zero attached hydrogens (tertiary/aromatic N) is 2. The fourth-order valence-electron chi connectivity index (χ4n) is 2.15. The van der Waals surface area contributed by atoms with E-state index in [-0.39, 0.29) is 6.10 Å². The first-order chi connectivity index (χ1) is 9.27. The number of hydrogen-bond donors (Lipinski definition) is 1. The zero-order chi connectivity index (χ0) is 14.9. The average molecular weight is 321 g/mol. The molecule has 1 aliphatic rings. The van der Waals surface area contributed by atoms with E-state index in [1.807, 2.05) is 6.07 Å². The maximum Gasteiger partial charge on any atom is 0.318 e. The molecule has 0 saturated carbocycles. The molecule has 0 amide bonds. The molecule has 1 unspecified atom stereocenters. The summed E-state index contributed by atoms with van der Waals surface area (Å²) in [6.45, 7) is 0.712. The van der Waals surface area contributed by atoms with Gasteiger partial charge in [-0.2, -0.15) is 0 Å². The SMILES string of the molecule is C[n+]1c2n(c3ccccc31)CC(O)CS2.[O-][Cl+3]([O-])([O-])[O-]. The molecular weight excluding hydrogens is 308 g/mol. The molecule has 110 valence electrons. The van der Waals surface area contributed by atoms with Gasteiger partial charge in [0.2, 0.25) is 0 Å². The maximum atomic E-state index is 9.67. The third kappa shape index (κ3) is 3.61. The molecule has 9 heteroatoms. The molecule has 2 aromatic rings. The van der Waals surface area contributed by atoms with Crippen molar-refractivity contribution in [2.75, 3.05) is 5.75 Å². The Bertz CT molecular complexity index is 607. The van der Waals surface area contributed by atoms with Crippen LogP contribution in [0.25, 0.3) is 11.0 Å². The number of hydrogen-bond acceptors (Lipinski definition) is 6. The topological polar surface area (TPSA) is 121 Å². The van der Waals surface area contributed by atoms with Crippen LogP contribution < -0.4 is 23.2 Å². The van der Waals surface area contributed by atoms with Crippen LogP contribution in [0.2, 0.25) is 0 Å². The van der Waals surface area contributed by atoms with Crippen molar-refractivity contribution in [2.45, 2.75) is 17.8 Å². The number of aryl methyl sites for hydroxylation is 1. The van der Waals surface area contributed by atoms with Gasteiger partial charge in [-0.05, 0) is 23.9 Å². The first kappa shape index (κ1) is 15.5. The van der Waals surface area contributed by atoms with Gasteiger partial charge in [0.25, 0.3) is 0 Å². The highest BCUT2D eigenvalue weighted by Gasteiger charge is 2.29. The van der Waals surface area contributed by atoms with Crippen molar-refractivity contribution < 1.29 is 38.6 Å². The molecule has 7 nitrogen and oxygen atoms in total. The number of imidazole rings is 1. The Morgan fingerprint density at radius 3 is 2.55 bits per heavy atom. The van der Waals surface area contributed by atoms with E-state index in [2.05, 4.69) is 34.4 Å². The lowest BCUT2D eigenvalue weighted by atomic mass is 10.3. The Balaban J connectivity index is 0.000000257. The normalized spacial score (nSPS) is 18.4. The molecule has 0 bridgehead atoms. The number of rotatable bonds is 0. The Kier molecular flexibility index (Phi) is 4.55. The molecule has 3 rings (SSSR count). The summed E-state index contributed by atoms with van der Waals surface area (Å²) in [7, 11) is -2.86. The Morgan fingerprint density at radius 1 is 1.30 bits per heavy atom. The molecule has 0 aliphatic carbocycles. The summed E-state index contributed by atoms with van der Waals surface area (Å²) >= 11 is 1.73. The van der Waals surface area contributed by atoms with E-state index in [4.69, 9.17) is 18.6 Å². The second kappa shape index (κ2) is 5.86. The van der Waals surface area contributed by atoms with Crippen molar-refractivity contribution in [3.8, 4) is 0 Å². The quantitative estimate of drug-likeness (QED) is 0.496. The lowest BCUT2D eigenvalue weighted by Gasteiger charge is -2.17. The van der Waals surface area contributed by atoms with Gasteiger partial charge < -0.3 is 5.11 Å². The summed E-state index contributed by atoms with van der Waals surface area (Å²) in [5.74, 6) is 0.796. The molecule has 0 spiro atoms. The van der Waals surface area contributed by atoms with Gasteiger partial charge in [0.05, 0.1) is 7.05 Å². The van der Waals surface area contributed by atoms with Gasteiger partial charge in [-0.25, -0.2) is 27.8 Å². The number of aliphatic hydroxyl groups is 1. The van der Waals surface area contributed by atoms with E-state index in [0.29, 0.717) is 6.54 Å². The molecule has 1 aliphatic heterocycles. The largest absolute Gasteiger partial charge is 0.388 e. The predicted octanol–water partition coefficient (Wildman–Crippen LogP) is -3.82. The van der Waals surface area contributed by atoms with Crippen LogP contribution in [0.15, 0.2) is 29.4 Å². The minimum absolute atomic E-state index is 0.224. The summed E-state index contributed by atoms with van der Waals surface area (Å²) in [4.78, 5) is 0. The first-order valence-corrected chi connectivity index (χ1v) is 7.89. The van der Waals surface area contributed by atoms with E-state index in [1.54, 1.807) is 11.8 Å². The zero-order valence-electron chi connectivity index (χ0n) is 10.6. The third-order valence-electron chi connectivity index (χ3n) is 2.85. The van der Waals surface area contributed by atoms with Crippen LogP contribution >= 0.6 is 11.8 Å². The Morgan fingerprint density at radius 2 is 1.90 bits per heavy atom. The monoisotopic (exact) mass is 320 g/mol. The second-order valence-corrected chi connectivity index (χ2v) is 6.03. The molecule has 2 heterocycles. The van der Waals surface area contributed by atoms with Crippen LogP contribution in [0.1, 0.15) is 0 Å². The number of thioether (sulfide) groups is 1. The van der Waals surface area contributed by atoms with Crippen molar-refractivity contribution >= 4 is 22.8 Å². The Hall–Kier alpha value is -0.870. The molecule has 1 N–H and O–H groups in total. The van der Waals surface area contributed by atoms with Gasteiger partial charge in [0.15, 0.2) is 11.0 Å². The number of aliphatic hydroxyl groups excluding tert-OH is 1. The molecule has 0 radical (unpaired) electrons. The lowest BCUT2D eigenvalue weighted by molar-refractivity contribution is -2.00. The molecular formula is C11H13ClN2O5S. The van der Waals surface area contributed by atoms with Gasteiger partial charge in [-0.15, -0.1) is 10.2 Å². The second-order valence-electron chi connectivity index (χ2n) is 4.28. The van der Waals surface area contributed by atoms with Gasteiger partial charge in [0, 0.05) is 5.75 Å². The van der Waals surface area contributed by atoms with Crippen molar-refractivity contribution in [2.24, 2.45) is 7.05 Å². The van der Waals surface area contributed by atoms with Crippen LogP contribution in [0.3, 0.4) is 0 Å². The van der Waals surface area contributed by atoms with E-state index >= 15 is 0 Å². The highest BCUT2D eigenvalue weighted by molar-refractivity contribution is 7.99. The summed E-state index contributed by atoms with van der Waals surface area (Å²) in [5, 5.41) is 10.9. The summed E-state index contributed by atoms with van der Waals surface area (Å²) < 4.78 is 38.4. The van der Waals surface area contributed by atoms with Crippen molar-refractivity contribution in [3.63, 3.8) is 0 Å². The minimum atomic E-state index is -4.94. The predicted molar refractivity (Wildman–Crippen MR) is 59.8 cm³/mol. The molecule has 0 fully saturated rings. The molecule has 1 aromatic heterocycles. The standard InChI is InChI=1S/C11H13N2OS.ClHO4/c1-12-9-4-2-3-5-10(9)13-6-8(14)7-15-11(12)13;2-1(3,4)5/h2-5,8,14H,6-7H2,1H3;(H,2,3,4,5)/q+1;/p-1. The van der Waals surface area contributed by atoms with Crippen LogP contribution in [-0.2, 0) is 13.6 Å². The highest BCUT2D eigenvalue weighted by Crippen LogP contribution is 2.27. The van der Waals surface area contributed by atoms with Gasteiger partial charge >= 0.3 is 5.16 Å². The third-order valence-corrected chi connectivity index (χ3v) is 4.15. The summed E-state index contributed by atoms with van der Waals surface area (Å²) in [6, 6.07) is 8.32. The highest BCUT2D eigenvalue weighted by atomic mass is 35.7. The van der Waals surface area contributed by atoms with Crippen LogP contribution in [0.4, 0.5) is 0 Å². The van der Waals surface area contributed by atoms with E-state index in [0.717, 1.165) is 5.75 Å². The maximum absolute atomic E-state index is 9.67. The number of halogens is 1. The average Bonchev–Trinajstić information content (AvgIpc) is 2.62. The zero-order valence-corrected chi connectivity index (χ0v) is 12.1. The molecule has 20 heavy (non-hydrogen) atoms. The van der Waals surface area contributed by atoms with Gasteiger partial charge in [-0.1, -0.05) is 12.1 Å². The van der Waals surface area contributed by atoms with Crippen LogP contribution in [0.5, 0.6) is 0 Å². The molecule has 1 aromatic carbocycles. The number of benzene rings is 1.